The Morgan fingerprint density at radius 3 is 2.00 bits per heavy atom. The molecule has 3 aromatic carbocycles. The fraction of sp³-hybridized carbons (Fsp3) is 0.0435. The second-order valence-electron chi connectivity index (χ2n) is 6.56. The lowest BCUT2D eigenvalue weighted by Gasteiger charge is -2.17. The van der Waals surface area contributed by atoms with Gasteiger partial charge in [-0.05, 0) is 66.1 Å². The maximum absolute atomic E-state index is 14.3. The smallest absolute Gasteiger partial charge is 0.207 e. The number of benzene rings is 3. The van der Waals surface area contributed by atoms with Crippen molar-refractivity contribution in [3.8, 4) is 0 Å². The van der Waals surface area contributed by atoms with Gasteiger partial charge in [0.2, 0.25) is 9.84 Å². The van der Waals surface area contributed by atoms with E-state index in [1.165, 1.54) is 19.1 Å². The monoisotopic (exact) mass is 450 g/mol. The number of rotatable bonds is 5. The summed E-state index contributed by atoms with van der Waals surface area (Å²) in [6.07, 6.45) is 0.928. The Kier molecular flexibility index (Phi) is 6.13. The van der Waals surface area contributed by atoms with Gasteiger partial charge in [0.1, 0.15) is 5.82 Å². The molecule has 0 aliphatic rings. The van der Waals surface area contributed by atoms with E-state index in [4.69, 9.17) is 0 Å². The van der Waals surface area contributed by atoms with E-state index in [-0.39, 0.29) is 22.3 Å². The lowest BCUT2D eigenvalue weighted by atomic mass is 9.93. The standard InChI is InChI=1S/C23H15F5O2S/c1-3-22(31(29,30)15-8-10-19(26)21(28)12-15)23(14-7-9-18(25)20(27)11-14)16-5-4-6-17(24)13(16)2/h3-12H,1H2,2H3/b23-22+. The number of halogens is 5. The van der Waals surface area contributed by atoms with Gasteiger partial charge in [0.25, 0.3) is 0 Å². The first-order valence-electron chi connectivity index (χ1n) is 8.85. The van der Waals surface area contributed by atoms with E-state index in [0.29, 0.717) is 12.1 Å². The Morgan fingerprint density at radius 1 is 0.806 bits per heavy atom. The zero-order valence-electron chi connectivity index (χ0n) is 16.1. The van der Waals surface area contributed by atoms with E-state index in [0.717, 1.165) is 36.4 Å². The van der Waals surface area contributed by atoms with Crippen molar-refractivity contribution < 1.29 is 30.4 Å². The van der Waals surface area contributed by atoms with Crippen LogP contribution in [-0.4, -0.2) is 8.42 Å². The van der Waals surface area contributed by atoms with Gasteiger partial charge in [-0.15, -0.1) is 0 Å². The SMILES string of the molecule is C=C/C(=C(/c1ccc(F)c(F)c1)c1cccc(F)c1C)S(=O)(=O)c1ccc(F)c(F)c1. The molecule has 0 N–H and O–H groups in total. The van der Waals surface area contributed by atoms with Gasteiger partial charge in [0.15, 0.2) is 23.3 Å². The van der Waals surface area contributed by atoms with Gasteiger partial charge in [0.05, 0.1) is 9.80 Å². The Labute approximate surface area is 175 Å². The van der Waals surface area contributed by atoms with Gasteiger partial charge in [-0.2, -0.15) is 0 Å². The van der Waals surface area contributed by atoms with Crippen LogP contribution >= 0.6 is 0 Å². The summed E-state index contributed by atoms with van der Waals surface area (Å²) in [5.74, 6) is -5.71. The van der Waals surface area contributed by atoms with Gasteiger partial charge in [-0.1, -0.05) is 24.8 Å². The van der Waals surface area contributed by atoms with Crippen molar-refractivity contribution in [1.82, 2.24) is 0 Å². The molecule has 0 unspecified atom stereocenters. The van der Waals surface area contributed by atoms with Crippen molar-refractivity contribution in [3.63, 3.8) is 0 Å². The Morgan fingerprint density at radius 2 is 1.42 bits per heavy atom. The average molecular weight is 450 g/mol. The molecule has 2 nitrogen and oxygen atoms in total. The van der Waals surface area contributed by atoms with Crippen LogP contribution in [0.3, 0.4) is 0 Å². The number of hydrogen-bond donors (Lipinski definition) is 0. The molecule has 0 saturated carbocycles. The zero-order chi connectivity index (χ0) is 22.9. The predicted octanol–water partition coefficient (Wildman–Crippen LogP) is 6.11. The highest BCUT2D eigenvalue weighted by Gasteiger charge is 2.27. The molecule has 0 fully saturated rings. The first-order valence-corrected chi connectivity index (χ1v) is 10.3. The fourth-order valence-electron chi connectivity index (χ4n) is 3.08. The molecule has 0 bridgehead atoms. The fourth-order valence-corrected chi connectivity index (χ4v) is 4.55. The largest absolute Gasteiger partial charge is 0.218 e. The molecule has 8 heteroatoms. The molecular formula is C23H15F5O2S. The summed E-state index contributed by atoms with van der Waals surface area (Å²) >= 11 is 0. The zero-order valence-corrected chi connectivity index (χ0v) is 16.9. The third kappa shape index (κ3) is 4.16. The second kappa shape index (κ2) is 8.47. The van der Waals surface area contributed by atoms with Crippen molar-refractivity contribution in [1.29, 1.82) is 0 Å². The second-order valence-corrected chi connectivity index (χ2v) is 8.48. The molecule has 3 aromatic rings. The lowest BCUT2D eigenvalue weighted by Crippen LogP contribution is -2.09. The molecule has 0 spiro atoms. The maximum Gasteiger partial charge on any atom is 0.207 e. The van der Waals surface area contributed by atoms with E-state index in [9.17, 15) is 30.4 Å². The minimum absolute atomic E-state index is 0.0436. The first-order chi connectivity index (χ1) is 14.6. The molecule has 0 saturated heterocycles. The van der Waals surface area contributed by atoms with Crippen LogP contribution in [0.4, 0.5) is 22.0 Å². The molecule has 0 amide bonds. The van der Waals surface area contributed by atoms with Crippen LogP contribution in [0, 0.1) is 36.0 Å². The lowest BCUT2D eigenvalue weighted by molar-refractivity contribution is 0.504. The summed E-state index contributed by atoms with van der Waals surface area (Å²) in [6.45, 7) is 4.87. The molecular weight excluding hydrogens is 435 g/mol. The number of sulfone groups is 1. The topological polar surface area (TPSA) is 34.1 Å². The predicted molar refractivity (Wildman–Crippen MR) is 107 cm³/mol. The molecule has 0 heterocycles. The molecule has 160 valence electrons. The highest BCUT2D eigenvalue weighted by atomic mass is 32.2. The van der Waals surface area contributed by atoms with Crippen LogP contribution < -0.4 is 0 Å². The molecule has 0 aliphatic heterocycles. The highest BCUT2D eigenvalue weighted by molar-refractivity contribution is 7.95. The van der Waals surface area contributed by atoms with E-state index < -0.39 is 48.7 Å². The van der Waals surface area contributed by atoms with Crippen molar-refractivity contribution >= 4 is 15.4 Å². The van der Waals surface area contributed by atoms with E-state index in [1.807, 2.05) is 0 Å². The van der Waals surface area contributed by atoms with Gasteiger partial charge in [-0.25, -0.2) is 30.4 Å². The van der Waals surface area contributed by atoms with E-state index >= 15 is 0 Å². The van der Waals surface area contributed by atoms with Crippen molar-refractivity contribution in [3.05, 3.63) is 118 Å². The van der Waals surface area contributed by atoms with Gasteiger partial charge >= 0.3 is 0 Å². The van der Waals surface area contributed by atoms with Crippen LogP contribution in [0.2, 0.25) is 0 Å². The molecule has 0 radical (unpaired) electrons. The van der Waals surface area contributed by atoms with Gasteiger partial charge in [0, 0.05) is 5.57 Å². The molecule has 3 rings (SSSR count). The summed E-state index contributed by atoms with van der Waals surface area (Å²) < 4.78 is 95.3. The minimum Gasteiger partial charge on any atom is -0.218 e. The third-order valence-electron chi connectivity index (χ3n) is 4.67. The Balaban J connectivity index is 2.44. The van der Waals surface area contributed by atoms with Crippen LogP contribution in [0.15, 0.2) is 77.1 Å². The van der Waals surface area contributed by atoms with Crippen molar-refractivity contribution in [2.75, 3.05) is 0 Å². The normalized spacial score (nSPS) is 12.5. The quantitative estimate of drug-likeness (QED) is 0.267. The van der Waals surface area contributed by atoms with Gasteiger partial charge < -0.3 is 0 Å². The Hall–Kier alpha value is -3.26. The Bertz CT molecular complexity index is 1330. The highest BCUT2D eigenvalue weighted by Crippen LogP contribution is 2.36. The summed E-state index contributed by atoms with van der Waals surface area (Å²) in [4.78, 5) is -1.10. The summed E-state index contributed by atoms with van der Waals surface area (Å²) in [6, 6.07) is 8.56. The van der Waals surface area contributed by atoms with Gasteiger partial charge in [-0.3, -0.25) is 0 Å². The number of hydrogen-bond acceptors (Lipinski definition) is 2. The molecule has 31 heavy (non-hydrogen) atoms. The first kappa shape index (κ1) is 22.4. The van der Waals surface area contributed by atoms with Crippen LogP contribution in [0.25, 0.3) is 5.57 Å². The summed E-state index contributed by atoms with van der Waals surface area (Å²) in [7, 11) is -4.52. The van der Waals surface area contributed by atoms with Crippen LogP contribution in [0.1, 0.15) is 16.7 Å². The minimum atomic E-state index is -4.52. The number of allylic oxidation sites excluding steroid dienone is 1. The average Bonchev–Trinajstić information content (AvgIpc) is 2.72. The summed E-state index contributed by atoms with van der Waals surface area (Å²) in [5.41, 5.74) is -0.126. The van der Waals surface area contributed by atoms with Crippen LogP contribution in [-0.2, 0) is 9.84 Å². The maximum atomic E-state index is 14.3. The third-order valence-corrected chi connectivity index (χ3v) is 6.49. The van der Waals surface area contributed by atoms with E-state index in [1.54, 1.807) is 0 Å². The van der Waals surface area contributed by atoms with E-state index in [2.05, 4.69) is 6.58 Å². The van der Waals surface area contributed by atoms with Crippen molar-refractivity contribution in [2.24, 2.45) is 0 Å². The molecule has 0 aliphatic carbocycles. The molecule has 0 aromatic heterocycles. The van der Waals surface area contributed by atoms with Crippen LogP contribution in [0.5, 0.6) is 0 Å². The summed E-state index contributed by atoms with van der Waals surface area (Å²) in [5, 5.41) is 0. The molecule has 0 atom stereocenters. The van der Waals surface area contributed by atoms with Crippen molar-refractivity contribution in [2.45, 2.75) is 11.8 Å².